The van der Waals surface area contributed by atoms with Gasteiger partial charge in [-0.2, -0.15) is 0 Å². The van der Waals surface area contributed by atoms with Gasteiger partial charge in [0.2, 0.25) is 0 Å². The summed E-state index contributed by atoms with van der Waals surface area (Å²) < 4.78 is 38.0. The summed E-state index contributed by atoms with van der Waals surface area (Å²) >= 11 is 0. The molecule has 1 aromatic rings. The van der Waals surface area contributed by atoms with Crippen LogP contribution in [0.2, 0.25) is 0 Å². The largest absolute Gasteiger partial charge is 0.524 e. The van der Waals surface area contributed by atoms with Gasteiger partial charge in [0.05, 0.1) is 11.8 Å². The summed E-state index contributed by atoms with van der Waals surface area (Å²) in [5.41, 5.74) is -0.494. The number of esters is 1. The third-order valence-corrected chi connectivity index (χ3v) is 6.96. The Bertz CT molecular complexity index is 1310. The highest BCUT2D eigenvalue weighted by atomic mass is 31.2. The monoisotopic (exact) mass is 632 g/mol. The summed E-state index contributed by atoms with van der Waals surface area (Å²) in [6, 6.07) is 1.79. The lowest BCUT2D eigenvalue weighted by Crippen LogP contribution is -2.37. The maximum Gasteiger partial charge on any atom is 0.524 e. The van der Waals surface area contributed by atoms with Gasteiger partial charge in [-0.15, -0.1) is 0 Å². The van der Waals surface area contributed by atoms with Crippen LogP contribution >= 0.6 is 15.6 Å². The van der Waals surface area contributed by atoms with E-state index in [0.717, 1.165) is 31.4 Å². The van der Waals surface area contributed by atoms with Crippen LogP contribution in [0.3, 0.4) is 0 Å². The van der Waals surface area contributed by atoms with Crippen LogP contribution < -0.4 is 9.05 Å². The molecular formula is C25H34N2O13P2. The van der Waals surface area contributed by atoms with Crippen molar-refractivity contribution < 1.29 is 62.0 Å². The number of hydrogen-bond donors (Lipinski definition) is 5. The van der Waals surface area contributed by atoms with Gasteiger partial charge in [-0.3, -0.25) is 24.4 Å². The average molecular weight is 632 g/mol. The molecule has 1 saturated heterocycles. The van der Waals surface area contributed by atoms with Crippen molar-refractivity contribution in [3.63, 3.8) is 0 Å². The number of allylic oxidation sites excluding steroid dienone is 1. The van der Waals surface area contributed by atoms with Crippen molar-refractivity contribution in [1.82, 2.24) is 4.90 Å². The predicted octanol–water partition coefficient (Wildman–Crippen LogP) is 2.37. The van der Waals surface area contributed by atoms with Crippen LogP contribution in [0.25, 0.3) is 0 Å². The number of amides is 1. The molecule has 0 unspecified atom stereocenters. The van der Waals surface area contributed by atoms with Crippen LogP contribution in [0.1, 0.15) is 54.9 Å². The summed E-state index contributed by atoms with van der Waals surface area (Å²) in [7, 11) is -10.4. The number of piperidine rings is 1. The number of benzene rings is 1. The number of aliphatic hydroxyl groups is 1. The van der Waals surface area contributed by atoms with Gasteiger partial charge in [0, 0.05) is 32.0 Å². The molecular weight excluding hydrogens is 598 g/mol. The normalized spacial score (nSPS) is 23.2. The minimum Gasteiger partial charge on any atom is -0.459 e. The Hall–Kier alpha value is -3.03. The molecule has 5 N–H and O–H groups in total. The molecule has 0 saturated carbocycles. The Labute approximate surface area is 241 Å². The Morgan fingerprint density at radius 3 is 2.40 bits per heavy atom. The van der Waals surface area contributed by atoms with Crippen LogP contribution in [0.15, 0.2) is 41.6 Å². The second-order valence-corrected chi connectivity index (χ2v) is 12.0. The number of hydrogen-bond acceptors (Lipinski definition) is 10. The number of fused-ring (bicyclic) bond motifs is 1. The first kappa shape index (κ1) is 33.5. The molecule has 0 aliphatic carbocycles. The Kier molecular flexibility index (Phi) is 11.9. The zero-order valence-electron chi connectivity index (χ0n) is 22.8. The number of rotatable bonds is 7. The Morgan fingerprint density at radius 1 is 1.05 bits per heavy atom. The van der Waals surface area contributed by atoms with Crippen molar-refractivity contribution in [1.29, 1.82) is 0 Å². The van der Waals surface area contributed by atoms with Gasteiger partial charge in [-0.25, -0.2) is 13.9 Å². The van der Waals surface area contributed by atoms with E-state index in [4.69, 9.17) is 14.1 Å². The van der Waals surface area contributed by atoms with Crippen LogP contribution in [-0.4, -0.2) is 79.1 Å². The quantitative estimate of drug-likeness (QED) is 0.126. The molecule has 42 heavy (non-hydrogen) atoms. The minimum atomic E-state index is -5.29. The van der Waals surface area contributed by atoms with Gasteiger partial charge in [0.25, 0.3) is 5.91 Å². The SMILES string of the molecule is C[C@@H]1C/C=C/[C@H](O)C/C=C/C(=N/OCC(=O)N2CCCCC2)Cc2cc(OP(=O)(O)O)cc(OP(=O)(O)O)c2C(=O)O1. The second kappa shape index (κ2) is 14.9. The molecule has 0 bridgehead atoms. The molecule has 0 aromatic heterocycles. The number of nitrogens with zero attached hydrogens (tertiary/aromatic N) is 2. The zero-order valence-corrected chi connectivity index (χ0v) is 24.6. The third kappa shape index (κ3) is 11.3. The molecule has 0 spiro atoms. The Balaban J connectivity index is 2.07. The van der Waals surface area contributed by atoms with E-state index in [9.17, 15) is 43.4 Å². The molecule has 0 radical (unpaired) electrons. The molecule has 3 rings (SSSR count). The first-order valence-corrected chi connectivity index (χ1v) is 16.1. The van der Waals surface area contributed by atoms with Crippen molar-refractivity contribution in [2.75, 3.05) is 19.7 Å². The lowest BCUT2D eigenvalue weighted by Gasteiger charge is -2.26. The number of oxime groups is 1. The van der Waals surface area contributed by atoms with Gasteiger partial charge in [-0.05, 0) is 50.3 Å². The summed E-state index contributed by atoms with van der Waals surface area (Å²) in [6.45, 7) is 2.36. The van der Waals surface area contributed by atoms with Gasteiger partial charge < -0.3 is 28.6 Å². The van der Waals surface area contributed by atoms with Crippen LogP contribution in [0.4, 0.5) is 0 Å². The lowest BCUT2D eigenvalue weighted by atomic mass is 9.99. The molecule has 2 aliphatic heterocycles. The number of phosphoric acid groups is 2. The van der Waals surface area contributed by atoms with Gasteiger partial charge in [-0.1, -0.05) is 23.4 Å². The number of ether oxygens (including phenoxy) is 1. The van der Waals surface area contributed by atoms with Gasteiger partial charge >= 0.3 is 21.6 Å². The van der Waals surface area contributed by atoms with E-state index in [2.05, 4.69) is 9.68 Å². The predicted molar refractivity (Wildman–Crippen MR) is 148 cm³/mol. The first-order chi connectivity index (χ1) is 19.7. The molecule has 1 aromatic carbocycles. The molecule has 2 aliphatic rings. The Morgan fingerprint density at radius 2 is 1.74 bits per heavy atom. The fourth-order valence-corrected chi connectivity index (χ4v) is 5.05. The summed E-state index contributed by atoms with van der Waals surface area (Å²) in [5.74, 6) is -2.68. The van der Waals surface area contributed by atoms with Crippen LogP contribution in [-0.2, 0) is 29.9 Å². The number of phosphoric ester groups is 2. The fraction of sp³-hybridized carbons (Fsp3) is 0.480. The van der Waals surface area contributed by atoms with Crippen molar-refractivity contribution in [2.45, 2.75) is 57.7 Å². The van der Waals surface area contributed by atoms with E-state index in [1.807, 2.05) is 0 Å². The van der Waals surface area contributed by atoms with Crippen molar-refractivity contribution in [2.24, 2.45) is 5.16 Å². The summed E-state index contributed by atoms with van der Waals surface area (Å²) in [4.78, 5) is 70.4. The van der Waals surface area contributed by atoms with E-state index in [1.54, 1.807) is 24.0 Å². The van der Waals surface area contributed by atoms with E-state index >= 15 is 0 Å². The number of carbonyl (C=O) groups excluding carboxylic acids is 2. The van der Waals surface area contributed by atoms with E-state index in [-0.39, 0.29) is 43.1 Å². The van der Waals surface area contributed by atoms with Crippen LogP contribution in [0.5, 0.6) is 11.5 Å². The molecule has 2 heterocycles. The van der Waals surface area contributed by atoms with E-state index in [0.29, 0.717) is 13.1 Å². The second-order valence-electron chi connectivity index (χ2n) is 9.68. The molecule has 17 heteroatoms. The number of cyclic esters (lactones) is 1. The summed E-state index contributed by atoms with van der Waals surface area (Å²) in [5, 5.41) is 14.2. The lowest BCUT2D eigenvalue weighted by molar-refractivity contribution is -0.137. The highest BCUT2D eigenvalue weighted by Crippen LogP contribution is 2.45. The number of carbonyl (C=O) groups is 2. The average Bonchev–Trinajstić information content (AvgIpc) is 2.86. The highest BCUT2D eigenvalue weighted by Gasteiger charge is 2.29. The molecule has 1 amide bonds. The number of aliphatic hydroxyl groups excluding tert-OH is 1. The highest BCUT2D eigenvalue weighted by molar-refractivity contribution is 7.47. The molecule has 2 atom stereocenters. The van der Waals surface area contributed by atoms with Crippen molar-refractivity contribution in [3.8, 4) is 11.5 Å². The smallest absolute Gasteiger partial charge is 0.459 e. The maximum atomic E-state index is 13.3. The van der Waals surface area contributed by atoms with Crippen molar-refractivity contribution in [3.05, 3.63) is 47.6 Å². The first-order valence-electron chi connectivity index (χ1n) is 13.1. The topological polar surface area (TPSA) is 222 Å². The van der Waals surface area contributed by atoms with E-state index < -0.39 is 50.9 Å². The summed E-state index contributed by atoms with van der Waals surface area (Å²) in [6.07, 6.45) is 7.25. The van der Waals surface area contributed by atoms with Crippen LogP contribution in [0, 0.1) is 0 Å². The minimum absolute atomic E-state index is 0.0761. The van der Waals surface area contributed by atoms with Gasteiger partial charge in [0.15, 0.2) is 6.61 Å². The molecule has 15 nitrogen and oxygen atoms in total. The third-order valence-electron chi connectivity index (χ3n) is 6.08. The molecule has 1 fully saturated rings. The molecule has 232 valence electrons. The van der Waals surface area contributed by atoms with E-state index in [1.165, 1.54) is 12.2 Å². The standard InChI is InChI=1S/C25H34N2O13P2/c1-17-7-5-9-20(28)10-6-8-19(26-37-16-23(29)27-11-3-2-4-12-27)13-18-14-21(39-41(31,32)33)15-22(40-42(34,35)36)24(18)25(30)38-17/h5-6,8-9,14-15,17,20,28H,2-4,7,10-13,16H2,1H3,(H2,31,32,33)(H2,34,35,36)/b8-6+,9-5+,26-19-/t17-,20+/m1/s1. The van der Waals surface area contributed by atoms with Crippen molar-refractivity contribution >= 4 is 33.2 Å². The fourth-order valence-electron chi connectivity index (χ4n) is 4.27. The number of likely N-dealkylation sites (tertiary alicyclic amines) is 1. The maximum absolute atomic E-state index is 13.3. The zero-order chi connectivity index (χ0) is 30.9. The van der Waals surface area contributed by atoms with Gasteiger partial charge in [0.1, 0.15) is 23.2 Å².